The maximum atomic E-state index is 2.59. The summed E-state index contributed by atoms with van der Waals surface area (Å²) in [6.45, 7) is 0.0353. The summed E-state index contributed by atoms with van der Waals surface area (Å²) in [6.07, 6.45) is 0. The Morgan fingerprint density at radius 3 is 1.85 bits per heavy atom. The van der Waals surface area contributed by atoms with Crippen molar-refractivity contribution in [2.24, 2.45) is 0 Å². The number of hydrogen-bond donors (Lipinski definition) is 0. The van der Waals surface area contributed by atoms with Crippen LogP contribution in [0.1, 0.15) is 0 Å². The fourth-order valence-corrected chi connectivity index (χ4v) is 10.4. The number of rotatable bonds is 4. The van der Waals surface area contributed by atoms with Crippen LogP contribution in [0.15, 0.2) is 182 Å². The third-order valence-electron chi connectivity index (χ3n) is 11.3. The topological polar surface area (TPSA) is 11.4 Å². The normalized spacial score (nSPS) is 12.8. The van der Waals surface area contributed by atoms with Crippen LogP contribution in [0, 0.1) is 0 Å². The largest absolute Gasteiger partial charge is 0.311 e. The lowest BCUT2D eigenvalue weighted by Gasteiger charge is -2.41. The molecule has 10 aromatic rings. The van der Waals surface area contributed by atoms with Crippen LogP contribution in [0.4, 0.5) is 34.1 Å². The third kappa shape index (κ3) is 4.00. The highest BCUT2D eigenvalue weighted by Crippen LogP contribution is 2.47. The second-order valence-corrected chi connectivity index (χ2v) is 15.2. The predicted octanol–water partition coefficient (Wildman–Crippen LogP) is 11.2. The van der Waals surface area contributed by atoms with Gasteiger partial charge in [0, 0.05) is 54.3 Å². The summed E-state index contributed by atoms with van der Waals surface area (Å²) < 4.78 is 5.27. The van der Waals surface area contributed by atoms with E-state index in [-0.39, 0.29) is 6.71 Å². The first kappa shape index (κ1) is 29.1. The minimum absolute atomic E-state index is 0.0353. The molecule has 2 aliphatic rings. The zero-order chi connectivity index (χ0) is 34.6. The summed E-state index contributed by atoms with van der Waals surface area (Å²) in [4.78, 5) is 4.91. The van der Waals surface area contributed by atoms with E-state index in [4.69, 9.17) is 0 Å². The minimum Gasteiger partial charge on any atom is -0.311 e. The Bertz CT molecular complexity index is 3040. The van der Waals surface area contributed by atoms with Crippen LogP contribution in [-0.2, 0) is 0 Å². The molecule has 0 amide bonds. The van der Waals surface area contributed by atoms with Crippen molar-refractivity contribution in [2.45, 2.75) is 0 Å². The molecule has 0 N–H and O–H groups in total. The molecule has 0 atom stereocenters. The van der Waals surface area contributed by atoms with Crippen molar-refractivity contribution in [3.05, 3.63) is 182 Å². The van der Waals surface area contributed by atoms with Crippen LogP contribution < -0.4 is 26.2 Å². The summed E-state index contributed by atoms with van der Waals surface area (Å²) in [5.74, 6) is 0. The minimum atomic E-state index is 0.0353. The summed E-state index contributed by atoms with van der Waals surface area (Å²) in [7, 11) is 0. The molecule has 0 bridgehead atoms. The number of aromatic nitrogens is 1. The van der Waals surface area contributed by atoms with Gasteiger partial charge in [-0.15, -0.1) is 11.3 Å². The highest BCUT2D eigenvalue weighted by atomic mass is 32.1. The highest BCUT2D eigenvalue weighted by molar-refractivity contribution is 7.26. The van der Waals surface area contributed by atoms with Crippen molar-refractivity contribution in [3.63, 3.8) is 0 Å². The third-order valence-corrected chi connectivity index (χ3v) is 12.4. The first-order valence-electron chi connectivity index (χ1n) is 18.2. The van der Waals surface area contributed by atoms with Gasteiger partial charge in [0.2, 0.25) is 0 Å². The average Bonchev–Trinajstić information content (AvgIpc) is 3.76. The number of nitrogens with zero attached hydrogens (tertiary/aromatic N) is 3. The van der Waals surface area contributed by atoms with Gasteiger partial charge in [0.25, 0.3) is 6.71 Å². The van der Waals surface area contributed by atoms with Crippen molar-refractivity contribution in [2.75, 3.05) is 9.80 Å². The molecule has 8 aromatic carbocycles. The van der Waals surface area contributed by atoms with Crippen LogP contribution in [0.5, 0.6) is 0 Å². The molecule has 0 fully saturated rings. The summed E-state index contributed by atoms with van der Waals surface area (Å²) in [5, 5.41) is 5.33. The summed E-state index contributed by atoms with van der Waals surface area (Å²) in [5.41, 5.74) is 14.8. The number of thiophene rings is 1. The highest BCUT2D eigenvalue weighted by Gasteiger charge is 2.44. The quantitative estimate of drug-likeness (QED) is 0.170. The standard InChI is InChI=1S/C48H30BN3S/c1-4-16-31(17-5-1)50(32-18-6-2-7-19-32)34-28-41-46-42(29-34)52-39-25-13-10-22-35(39)37-30-44-45(36-23-11-15-27-43(36)53-44)47(48(37)52)49(46)38-24-12-14-26-40(38)51(41)33-20-8-3-9-21-33/h1-30H. The Balaban J connectivity index is 1.30. The van der Waals surface area contributed by atoms with Gasteiger partial charge >= 0.3 is 0 Å². The van der Waals surface area contributed by atoms with Crippen molar-refractivity contribution in [3.8, 4) is 5.69 Å². The predicted molar refractivity (Wildman–Crippen MR) is 228 cm³/mol. The fraction of sp³-hybridized carbons (Fsp3) is 0. The average molecular weight is 692 g/mol. The molecule has 2 aromatic heterocycles. The molecule has 2 aliphatic heterocycles. The molecule has 0 saturated carbocycles. The van der Waals surface area contributed by atoms with Gasteiger partial charge in [-0.1, -0.05) is 109 Å². The lowest BCUT2D eigenvalue weighted by Crippen LogP contribution is -2.60. The Morgan fingerprint density at radius 2 is 1.08 bits per heavy atom. The van der Waals surface area contributed by atoms with E-state index in [9.17, 15) is 0 Å². The lowest BCUT2D eigenvalue weighted by atomic mass is 9.33. The SMILES string of the molecule is c1ccc(N(c2ccccc2)c2cc3c4c(c2)-n2c5ccccc5c5cc6sc7ccccc7c6c(c52)B4c2ccccc2N3c2ccccc2)cc1. The van der Waals surface area contributed by atoms with E-state index in [1.54, 1.807) is 0 Å². The molecule has 12 rings (SSSR count). The molecule has 0 radical (unpaired) electrons. The van der Waals surface area contributed by atoms with Gasteiger partial charge in [0.15, 0.2) is 0 Å². The molecule has 0 unspecified atom stereocenters. The van der Waals surface area contributed by atoms with E-state index in [0.29, 0.717) is 0 Å². The number of benzene rings is 8. The number of hydrogen-bond acceptors (Lipinski definition) is 3. The van der Waals surface area contributed by atoms with Gasteiger partial charge in [-0.2, -0.15) is 0 Å². The zero-order valence-electron chi connectivity index (χ0n) is 28.6. The van der Waals surface area contributed by atoms with Gasteiger partial charge in [-0.3, -0.25) is 0 Å². The van der Waals surface area contributed by atoms with Crippen LogP contribution in [0.2, 0.25) is 0 Å². The first-order chi connectivity index (χ1) is 26.3. The van der Waals surface area contributed by atoms with Gasteiger partial charge in [-0.05, 0) is 100.0 Å². The monoisotopic (exact) mass is 691 g/mol. The van der Waals surface area contributed by atoms with E-state index in [1.807, 2.05) is 11.3 Å². The second-order valence-electron chi connectivity index (χ2n) is 14.1. The maximum absolute atomic E-state index is 2.59. The van der Waals surface area contributed by atoms with Crippen LogP contribution in [0.3, 0.4) is 0 Å². The zero-order valence-corrected chi connectivity index (χ0v) is 29.5. The van der Waals surface area contributed by atoms with Gasteiger partial charge in [0.05, 0.1) is 16.7 Å². The van der Waals surface area contributed by atoms with E-state index in [2.05, 4.69) is 196 Å². The Kier molecular flexibility index (Phi) is 6.02. The Hall–Kier alpha value is -6.56. The molecular formula is C48H30BN3S. The van der Waals surface area contributed by atoms with Crippen molar-refractivity contribution in [1.82, 2.24) is 4.57 Å². The smallest absolute Gasteiger partial charge is 0.253 e. The molecule has 53 heavy (non-hydrogen) atoms. The molecule has 0 aliphatic carbocycles. The molecule has 4 heterocycles. The summed E-state index contributed by atoms with van der Waals surface area (Å²) >= 11 is 1.92. The van der Waals surface area contributed by atoms with Crippen LogP contribution in [-0.4, -0.2) is 11.3 Å². The molecule has 0 saturated heterocycles. The van der Waals surface area contributed by atoms with E-state index >= 15 is 0 Å². The van der Waals surface area contributed by atoms with Crippen molar-refractivity contribution >= 4 is 111 Å². The van der Waals surface area contributed by atoms with Crippen LogP contribution >= 0.6 is 11.3 Å². The van der Waals surface area contributed by atoms with Crippen LogP contribution in [0.25, 0.3) is 47.7 Å². The van der Waals surface area contributed by atoms with E-state index in [0.717, 1.165) is 22.7 Å². The Morgan fingerprint density at radius 1 is 0.453 bits per heavy atom. The summed E-state index contributed by atoms with van der Waals surface area (Å²) in [6, 6.07) is 66.9. The number of anilines is 6. The fourth-order valence-electron chi connectivity index (χ4n) is 9.28. The molecule has 5 heteroatoms. The molecular weight excluding hydrogens is 661 g/mol. The van der Waals surface area contributed by atoms with Gasteiger partial charge < -0.3 is 14.4 Å². The van der Waals surface area contributed by atoms with Gasteiger partial charge in [-0.25, -0.2) is 0 Å². The lowest BCUT2D eigenvalue weighted by molar-refractivity contribution is 1.17. The van der Waals surface area contributed by atoms with Crippen molar-refractivity contribution in [1.29, 1.82) is 0 Å². The van der Waals surface area contributed by atoms with Crippen molar-refractivity contribution < 1.29 is 0 Å². The first-order valence-corrected chi connectivity index (χ1v) is 19.0. The van der Waals surface area contributed by atoms with E-state index < -0.39 is 0 Å². The molecule has 246 valence electrons. The van der Waals surface area contributed by atoms with Gasteiger partial charge in [0.1, 0.15) is 0 Å². The maximum Gasteiger partial charge on any atom is 0.253 e. The van der Waals surface area contributed by atoms with E-state index in [1.165, 1.54) is 75.4 Å². The number of fused-ring (bicyclic) bond motifs is 11. The number of para-hydroxylation sites is 5. The molecule has 0 spiro atoms. The Labute approximate surface area is 311 Å². The second kappa shape index (κ2) is 11.0. The molecule has 3 nitrogen and oxygen atoms in total.